The molecule has 0 aromatic rings. The fourth-order valence-electron chi connectivity index (χ4n) is 5.88. The Balaban J connectivity index is 1.47. The molecule has 1 heterocycles. The second-order valence-corrected chi connectivity index (χ2v) is 9.75. The molecule has 4 rings (SSSR count). The molecule has 2 bridgehead atoms. The molecule has 4 fully saturated rings. The Hall–Kier alpha value is -0.160. The predicted molar refractivity (Wildman–Crippen MR) is 96.8 cm³/mol. The largest absolute Gasteiger partial charge is 0.373 e. The Kier molecular flexibility index (Phi) is 4.31. The molecule has 144 valence electrons. The molecule has 0 radical (unpaired) electrons. The third-order valence-corrected chi connectivity index (χ3v) is 8.09. The summed E-state index contributed by atoms with van der Waals surface area (Å²) in [6, 6.07) is 0. The van der Waals surface area contributed by atoms with Gasteiger partial charge < -0.3 is 18.9 Å². The van der Waals surface area contributed by atoms with Gasteiger partial charge in [0.1, 0.15) is 5.60 Å². The van der Waals surface area contributed by atoms with E-state index in [2.05, 4.69) is 27.7 Å². The Morgan fingerprint density at radius 1 is 0.560 bits per heavy atom. The van der Waals surface area contributed by atoms with Gasteiger partial charge in [-0.1, -0.05) is 0 Å². The maximum absolute atomic E-state index is 6.60. The van der Waals surface area contributed by atoms with Gasteiger partial charge in [-0.3, -0.25) is 0 Å². The van der Waals surface area contributed by atoms with Crippen molar-refractivity contribution in [1.82, 2.24) is 0 Å². The van der Waals surface area contributed by atoms with E-state index >= 15 is 0 Å². The van der Waals surface area contributed by atoms with E-state index < -0.39 is 0 Å². The van der Waals surface area contributed by atoms with Gasteiger partial charge >= 0.3 is 0 Å². The minimum absolute atomic E-state index is 0.0107. The smallest absolute Gasteiger partial charge is 0.103 e. The van der Waals surface area contributed by atoms with E-state index in [1.54, 1.807) is 0 Å². The topological polar surface area (TPSA) is 36.9 Å². The van der Waals surface area contributed by atoms with E-state index in [4.69, 9.17) is 18.9 Å². The lowest BCUT2D eigenvalue weighted by atomic mass is 9.32. The van der Waals surface area contributed by atoms with Crippen LogP contribution in [0.5, 0.6) is 0 Å². The highest BCUT2D eigenvalue weighted by molar-refractivity contribution is 5.32. The minimum Gasteiger partial charge on any atom is -0.373 e. The highest BCUT2D eigenvalue weighted by Gasteiger charge is 2.81. The van der Waals surface area contributed by atoms with Gasteiger partial charge in [-0.15, -0.1) is 0 Å². The molecule has 1 spiro atoms. The van der Waals surface area contributed by atoms with E-state index in [9.17, 15) is 0 Å². The Labute approximate surface area is 152 Å². The highest BCUT2D eigenvalue weighted by atomic mass is 16.6. The summed E-state index contributed by atoms with van der Waals surface area (Å²) in [6.07, 6.45) is 9.41. The third-order valence-electron chi connectivity index (χ3n) is 8.09. The Morgan fingerprint density at radius 3 is 1.76 bits per heavy atom. The van der Waals surface area contributed by atoms with Crippen LogP contribution < -0.4 is 0 Å². The van der Waals surface area contributed by atoms with Crippen LogP contribution in [-0.2, 0) is 18.9 Å². The average molecular weight is 353 g/mol. The van der Waals surface area contributed by atoms with Crippen LogP contribution in [0.2, 0.25) is 0 Å². The van der Waals surface area contributed by atoms with Crippen LogP contribution in [0.1, 0.15) is 79.1 Å². The lowest BCUT2D eigenvalue weighted by Crippen LogP contribution is -2.84. The van der Waals surface area contributed by atoms with E-state index in [1.807, 2.05) is 0 Å². The van der Waals surface area contributed by atoms with Crippen molar-refractivity contribution in [2.45, 2.75) is 101 Å². The summed E-state index contributed by atoms with van der Waals surface area (Å²) in [5.41, 5.74) is -0.202. The summed E-state index contributed by atoms with van der Waals surface area (Å²) < 4.78 is 25.5. The number of ether oxygens (including phenoxy) is 4. The van der Waals surface area contributed by atoms with Crippen molar-refractivity contribution >= 4 is 0 Å². The van der Waals surface area contributed by atoms with Crippen molar-refractivity contribution < 1.29 is 18.9 Å². The zero-order valence-electron chi connectivity index (χ0n) is 16.6. The van der Waals surface area contributed by atoms with Crippen molar-refractivity contribution in [2.75, 3.05) is 26.4 Å². The molecule has 3 saturated carbocycles. The molecule has 4 heteroatoms. The zero-order chi connectivity index (χ0) is 17.8. The average Bonchev–Trinajstić information content (AvgIpc) is 2.55. The molecule has 3 atom stereocenters. The number of hydrogen-bond acceptors (Lipinski definition) is 4. The van der Waals surface area contributed by atoms with Gasteiger partial charge in [0.15, 0.2) is 0 Å². The van der Waals surface area contributed by atoms with Crippen LogP contribution in [0, 0.1) is 5.41 Å². The third kappa shape index (κ3) is 2.47. The molecule has 4 aliphatic rings. The van der Waals surface area contributed by atoms with Crippen LogP contribution in [0.15, 0.2) is 0 Å². The Bertz CT molecular complexity index is 516. The van der Waals surface area contributed by atoms with Crippen LogP contribution in [0.4, 0.5) is 0 Å². The predicted octanol–water partition coefficient (Wildman–Crippen LogP) is 4.25. The molecule has 4 nitrogen and oxygen atoms in total. The molecule has 0 aromatic carbocycles. The van der Waals surface area contributed by atoms with Crippen molar-refractivity contribution in [2.24, 2.45) is 5.41 Å². The summed E-state index contributed by atoms with van der Waals surface area (Å²) in [5.74, 6) is 0. The number of rotatable bonds is 0. The van der Waals surface area contributed by atoms with Crippen LogP contribution >= 0.6 is 0 Å². The highest BCUT2D eigenvalue weighted by Crippen LogP contribution is 2.77. The SMILES string of the molecule is CC1(C)OCCCOC23CCCC4(CCC42OCCCOC1(C)C)C3. The first kappa shape index (κ1) is 18.2. The first-order valence-electron chi connectivity index (χ1n) is 10.3. The summed E-state index contributed by atoms with van der Waals surface area (Å²) in [4.78, 5) is 0. The fourth-order valence-corrected chi connectivity index (χ4v) is 5.88. The van der Waals surface area contributed by atoms with Crippen LogP contribution in [-0.4, -0.2) is 48.8 Å². The molecule has 1 aliphatic heterocycles. The van der Waals surface area contributed by atoms with Gasteiger partial charge in [-0.25, -0.2) is 0 Å². The van der Waals surface area contributed by atoms with Gasteiger partial charge in [0, 0.05) is 31.8 Å². The first-order chi connectivity index (χ1) is 11.8. The molecule has 0 amide bonds. The summed E-state index contributed by atoms with van der Waals surface area (Å²) in [6.45, 7) is 11.5. The molecule has 0 aromatic heterocycles. The van der Waals surface area contributed by atoms with E-state index in [1.165, 1.54) is 38.5 Å². The summed E-state index contributed by atoms with van der Waals surface area (Å²) in [5, 5.41) is 0. The molecule has 25 heavy (non-hydrogen) atoms. The van der Waals surface area contributed by atoms with Gasteiger partial charge in [0.2, 0.25) is 0 Å². The van der Waals surface area contributed by atoms with Gasteiger partial charge in [-0.2, -0.15) is 0 Å². The van der Waals surface area contributed by atoms with E-state index in [-0.39, 0.29) is 22.4 Å². The quantitative estimate of drug-likeness (QED) is 0.653. The maximum Gasteiger partial charge on any atom is 0.103 e. The summed E-state index contributed by atoms with van der Waals surface area (Å²) >= 11 is 0. The fraction of sp³-hybridized carbons (Fsp3) is 1.00. The molecule has 0 N–H and O–H groups in total. The second kappa shape index (κ2) is 5.92. The maximum atomic E-state index is 6.60. The van der Waals surface area contributed by atoms with Crippen molar-refractivity contribution in [1.29, 1.82) is 0 Å². The molecular formula is C21H36O4. The van der Waals surface area contributed by atoms with E-state index in [0.717, 1.165) is 39.3 Å². The minimum atomic E-state index is -0.318. The molecule has 3 aliphatic carbocycles. The van der Waals surface area contributed by atoms with Crippen LogP contribution in [0.25, 0.3) is 0 Å². The molecule has 1 saturated heterocycles. The number of hydrogen-bond donors (Lipinski definition) is 0. The van der Waals surface area contributed by atoms with E-state index in [0.29, 0.717) is 5.41 Å². The second-order valence-electron chi connectivity index (χ2n) is 9.75. The standard InChI is InChI=1S/C21H36O4/c1-17(2)18(3,4)23-13-7-15-25-21-11-10-19(21)8-5-9-20(21,16-19)24-14-6-12-22-17/h5-16H2,1-4H3. The summed E-state index contributed by atoms with van der Waals surface area (Å²) in [7, 11) is 0. The Morgan fingerprint density at radius 2 is 1.16 bits per heavy atom. The van der Waals surface area contributed by atoms with Gasteiger partial charge in [0.25, 0.3) is 0 Å². The first-order valence-corrected chi connectivity index (χ1v) is 10.3. The molecule has 3 unspecified atom stereocenters. The monoisotopic (exact) mass is 352 g/mol. The normalized spacial score (nSPS) is 46.6. The van der Waals surface area contributed by atoms with Gasteiger partial charge in [-0.05, 0) is 79.1 Å². The van der Waals surface area contributed by atoms with Crippen molar-refractivity contribution in [3.8, 4) is 0 Å². The lowest BCUT2D eigenvalue weighted by Gasteiger charge is -2.79. The zero-order valence-corrected chi connectivity index (χ0v) is 16.6. The van der Waals surface area contributed by atoms with Gasteiger partial charge in [0.05, 0.1) is 16.8 Å². The van der Waals surface area contributed by atoms with Crippen molar-refractivity contribution in [3.05, 3.63) is 0 Å². The van der Waals surface area contributed by atoms with Crippen LogP contribution in [0.3, 0.4) is 0 Å². The molecular weight excluding hydrogens is 316 g/mol. The van der Waals surface area contributed by atoms with Crippen molar-refractivity contribution in [3.63, 3.8) is 0 Å². The lowest BCUT2D eigenvalue weighted by molar-refractivity contribution is -0.408.